The summed E-state index contributed by atoms with van der Waals surface area (Å²) in [5, 5.41) is 3.12. The van der Waals surface area contributed by atoms with E-state index in [-0.39, 0.29) is 23.2 Å². The van der Waals surface area contributed by atoms with Crippen molar-refractivity contribution >= 4 is 21.9 Å². The molecule has 10 heteroatoms. The lowest BCUT2D eigenvalue weighted by molar-refractivity contribution is 0.0598. The smallest absolute Gasteiger partial charge is 0.341 e. The van der Waals surface area contributed by atoms with E-state index < -0.39 is 26.5 Å². The van der Waals surface area contributed by atoms with Crippen molar-refractivity contribution in [3.8, 4) is 0 Å². The van der Waals surface area contributed by atoms with Crippen molar-refractivity contribution < 1.29 is 26.9 Å². The number of aryl methyl sites for hydroxylation is 1. The lowest BCUT2D eigenvalue weighted by atomic mass is 9.97. The zero-order valence-corrected chi connectivity index (χ0v) is 14.1. The largest absolute Gasteiger partial charge is 0.465 e. The van der Waals surface area contributed by atoms with Crippen LogP contribution < -0.4 is 4.72 Å². The van der Waals surface area contributed by atoms with Crippen LogP contribution in [-0.2, 0) is 20.2 Å². The number of hydrogen-bond donors (Lipinski definition) is 1. The number of nitrogens with one attached hydrogen (secondary N) is 1. The van der Waals surface area contributed by atoms with Gasteiger partial charge in [-0.25, -0.2) is 9.52 Å². The van der Waals surface area contributed by atoms with Crippen molar-refractivity contribution in [3.63, 3.8) is 0 Å². The highest BCUT2D eigenvalue weighted by Crippen LogP contribution is 2.24. The Bertz CT molecular complexity index is 828. The lowest BCUT2D eigenvalue weighted by Gasteiger charge is -2.10. The first-order valence-electron chi connectivity index (χ1n) is 6.60. The molecule has 0 fully saturated rings. The monoisotopic (exact) mass is 343 g/mol. The quantitative estimate of drug-likeness (QED) is 0.834. The van der Waals surface area contributed by atoms with E-state index in [0.717, 1.165) is 6.07 Å². The van der Waals surface area contributed by atoms with Gasteiger partial charge >= 0.3 is 5.97 Å². The van der Waals surface area contributed by atoms with Gasteiger partial charge in [0.25, 0.3) is 16.0 Å². The van der Waals surface area contributed by atoms with Crippen LogP contribution in [-0.4, -0.2) is 31.6 Å². The third-order valence-electron chi connectivity index (χ3n) is 2.86. The molecule has 0 atom stereocenters. The first-order valence-corrected chi connectivity index (χ1v) is 8.08. The fourth-order valence-electron chi connectivity index (χ4n) is 1.64. The van der Waals surface area contributed by atoms with Gasteiger partial charge in [-0.05, 0) is 12.1 Å². The Labute approximate surface area is 133 Å². The molecule has 0 spiro atoms. The molecule has 0 bridgehead atoms. The number of carbonyl (C=O) groups is 1. The van der Waals surface area contributed by atoms with Crippen LogP contribution in [0.5, 0.6) is 0 Å². The minimum Gasteiger partial charge on any atom is -0.465 e. The van der Waals surface area contributed by atoms with Gasteiger partial charge in [0.05, 0.1) is 7.11 Å². The molecule has 0 aliphatic rings. The van der Waals surface area contributed by atoms with Gasteiger partial charge in [0, 0.05) is 11.5 Å². The van der Waals surface area contributed by atoms with Crippen LogP contribution >= 0.6 is 0 Å². The summed E-state index contributed by atoms with van der Waals surface area (Å²) < 4.78 is 41.3. The number of sulfonamides is 1. The number of methoxy groups -OCH3 is 1. The molecule has 0 radical (unpaired) electrons. The Morgan fingerprint density at radius 2 is 2.00 bits per heavy atom. The van der Waals surface area contributed by atoms with Crippen LogP contribution in [0.4, 0.5) is 5.95 Å². The Hall–Kier alpha value is -2.36. The van der Waals surface area contributed by atoms with Crippen molar-refractivity contribution in [1.82, 2.24) is 10.1 Å². The molecule has 0 aromatic carbocycles. The van der Waals surface area contributed by atoms with Gasteiger partial charge < -0.3 is 13.7 Å². The molecular weight excluding hydrogens is 326 g/mol. The van der Waals surface area contributed by atoms with Crippen LogP contribution in [0, 0.1) is 6.92 Å². The van der Waals surface area contributed by atoms with E-state index in [9.17, 15) is 13.2 Å². The van der Waals surface area contributed by atoms with Crippen LogP contribution in [0.1, 0.15) is 42.8 Å². The van der Waals surface area contributed by atoms with Crippen molar-refractivity contribution in [3.05, 3.63) is 23.3 Å². The molecular formula is C13H17N3O6S. The summed E-state index contributed by atoms with van der Waals surface area (Å²) in [4.78, 5) is 15.5. The maximum atomic E-state index is 12.3. The average molecular weight is 343 g/mol. The number of rotatable bonds is 4. The molecule has 0 saturated carbocycles. The third-order valence-corrected chi connectivity index (χ3v) is 4.04. The molecule has 2 aromatic rings. The molecule has 0 aliphatic carbocycles. The number of hydrogen-bond acceptors (Lipinski definition) is 8. The predicted octanol–water partition coefficient (Wildman–Crippen LogP) is 1.86. The van der Waals surface area contributed by atoms with Crippen molar-refractivity contribution in [1.29, 1.82) is 0 Å². The van der Waals surface area contributed by atoms with Crippen molar-refractivity contribution in [2.45, 2.75) is 38.2 Å². The highest BCUT2D eigenvalue weighted by atomic mass is 32.2. The Balaban J connectivity index is 2.29. The van der Waals surface area contributed by atoms with E-state index >= 15 is 0 Å². The van der Waals surface area contributed by atoms with Crippen LogP contribution in [0.25, 0.3) is 0 Å². The van der Waals surface area contributed by atoms with E-state index in [1.807, 2.05) is 20.8 Å². The SMILES string of the molecule is COC(=O)c1cc(S(=O)(=O)Nc2noc(C(C)(C)C)n2)oc1C. The number of ether oxygens (including phenoxy) is 1. The topological polar surface area (TPSA) is 125 Å². The third kappa shape index (κ3) is 3.52. The van der Waals surface area contributed by atoms with Gasteiger partial charge in [0.1, 0.15) is 11.3 Å². The second kappa shape index (κ2) is 5.69. The lowest BCUT2D eigenvalue weighted by Crippen LogP contribution is -2.15. The molecule has 2 aromatic heterocycles. The summed E-state index contributed by atoms with van der Waals surface area (Å²) in [5.74, 6) is -0.507. The van der Waals surface area contributed by atoms with Crippen LogP contribution in [0.2, 0.25) is 0 Å². The maximum Gasteiger partial charge on any atom is 0.341 e. The highest BCUT2D eigenvalue weighted by molar-refractivity contribution is 7.92. The number of furan rings is 1. The number of esters is 1. The van der Waals surface area contributed by atoms with E-state index in [2.05, 4.69) is 19.6 Å². The summed E-state index contributed by atoms with van der Waals surface area (Å²) in [7, 11) is -2.91. The van der Waals surface area contributed by atoms with E-state index in [4.69, 9.17) is 8.94 Å². The first kappa shape index (κ1) is 17.0. The van der Waals surface area contributed by atoms with Gasteiger partial charge in [-0.1, -0.05) is 20.8 Å². The Morgan fingerprint density at radius 3 is 2.52 bits per heavy atom. The number of anilines is 1. The van der Waals surface area contributed by atoms with Crippen molar-refractivity contribution in [2.75, 3.05) is 11.8 Å². The van der Waals surface area contributed by atoms with Crippen molar-refractivity contribution in [2.24, 2.45) is 0 Å². The minimum atomic E-state index is -4.10. The predicted molar refractivity (Wildman–Crippen MR) is 78.6 cm³/mol. The van der Waals surface area contributed by atoms with Gasteiger partial charge in [0.2, 0.25) is 11.0 Å². The van der Waals surface area contributed by atoms with E-state index in [0.29, 0.717) is 0 Å². The summed E-state index contributed by atoms with van der Waals surface area (Å²) in [6.45, 7) is 6.99. The molecule has 0 amide bonds. The van der Waals surface area contributed by atoms with E-state index in [1.54, 1.807) is 0 Å². The van der Waals surface area contributed by atoms with Crippen LogP contribution in [0.15, 0.2) is 20.1 Å². The van der Waals surface area contributed by atoms with E-state index in [1.165, 1.54) is 14.0 Å². The molecule has 0 unspecified atom stereocenters. The fraction of sp³-hybridized carbons (Fsp3) is 0.462. The fourth-order valence-corrected chi connectivity index (χ4v) is 2.57. The van der Waals surface area contributed by atoms with Gasteiger partial charge in [0.15, 0.2) is 0 Å². The van der Waals surface area contributed by atoms with Gasteiger partial charge in [-0.15, -0.1) is 0 Å². The average Bonchev–Trinajstić information content (AvgIpc) is 3.04. The maximum absolute atomic E-state index is 12.3. The summed E-state index contributed by atoms with van der Waals surface area (Å²) in [6.07, 6.45) is 0. The second-order valence-corrected chi connectivity index (χ2v) is 7.42. The van der Waals surface area contributed by atoms with Gasteiger partial charge in [-0.2, -0.15) is 13.4 Å². The molecule has 2 rings (SSSR count). The number of carbonyl (C=O) groups excluding carboxylic acids is 1. The Kier molecular flexibility index (Phi) is 4.20. The molecule has 1 N–H and O–H groups in total. The molecule has 0 saturated heterocycles. The molecule has 126 valence electrons. The van der Waals surface area contributed by atoms with Gasteiger partial charge in [-0.3, -0.25) is 0 Å². The zero-order valence-electron chi connectivity index (χ0n) is 13.3. The number of aromatic nitrogens is 2. The Morgan fingerprint density at radius 1 is 1.35 bits per heavy atom. The number of nitrogens with zero attached hydrogens (tertiary/aromatic N) is 2. The standard InChI is InChI=1S/C13H17N3O6S/c1-7-8(10(17)20-5)6-9(21-7)23(18,19)16-12-14-11(22-15-12)13(2,3)4/h6H,1-5H3,(H,15,16). The second-order valence-electron chi connectivity index (χ2n) is 5.81. The highest BCUT2D eigenvalue weighted by Gasteiger charge is 2.27. The summed E-state index contributed by atoms with van der Waals surface area (Å²) >= 11 is 0. The van der Waals surface area contributed by atoms with Crippen LogP contribution in [0.3, 0.4) is 0 Å². The molecule has 9 nitrogen and oxygen atoms in total. The summed E-state index contributed by atoms with van der Waals surface area (Å²) in [6, 6.07) is 1.08. The summed E-state index contributed by atoms with van der Waals surface area (Å²) in [5.41, 5.74) is -0.396. The zero-order chi connectivity index (χ0) is 17.4. The normalized spacial score (nSPS) is 12.2. The first-order chi connectivity index (χ1) is 10.5. The molecule has 23 heavy (non-hydrogen) atoms. The minimum absolute atomic E-state index is 0.0244. The molecule has 0 aliphatic heterocycles. The molecule has 2 heterocycles.